The number of carbonyl (C=O) groups excluding carboxylic acids is 2. The quantitative estimate of drug-likeness (QED) is 0.431. The highest BCUT2D eigenvalue weighted by Crippen LogP contribution is 2.46. The first-order valence-electron chi connectivity index (χ1n) is 11.4. The van der Waals surface area contributed by atoms with E-state index >= 15 is 4.39 Å². The van der Waals surface area contributed by atoms with Crippen molar-refractivity contribution in [2.75, 3.05) is 6.54 Å². The van der Waals surface area contributed by atoms with Crippen molar-refractivity contribution in [3.05, 3.63) is 69.5 Å². The summed E-state index contributed by atoms with van der Waals surface area (Å²) in [4.78, 5) is 27.9. The Bertz CT molecular complexity index is 1080. The molecule has 1 aliphatic carbocycles. The molecule has 2 aliphatic rings. The topological polar surface area (TPSA) is 55.8 Å². The minimum Gasteiger partial charge on any atom is -0.460 e. The van der Waals surface area contributed by atoms with Crippen molar-refractivity contribution in [1.82, 2.24) is 4.90 Å². The van der Waals surface area contributed by atoms with Crippen molar-refractivity contribution < 1.29 is 23.5 Å². The van der Waals surface area contributed by atoms with Gasteiger partial charge in [0.2, 0.25) is 0 Å². The molecular formula is C26H28Cl2FNO4. The van der Waals surface area contributed by atoms with Crippen LogP contribution in [0.15, 0.2) is 42.5 Å². The molecule has 1 amide bonds. The highest BCUT2D eigenvalue weighted by Gasteiger charge is 2.47. The van der Waals surface area contributed by atoms with Crippen LogP contribution >= 0.6 is 23.2 Å². The van der Waals surface area contributed by atoms with Gasteiger partial charge in [0, 0.05) is 22.2 Å². The first kappa shape index (κ1) is 25.0. The van der Waals surface area contributed by atoms with Crippen molar-refractivity contribution in [2.24, 2.45) is 5.92 Å². The van der Waals surface area contributed by atoms with Gasteiger partial charge >= 0.3 is 5.97 Å². The summed E-state index contributed by atoms with van der Waals surface area (Å²) in [6.07, 6.45) is -0.0233. The normalized spacial score (nSPS) is 23.2. The van der Waals surface area contributed by atoms with Crippen molar-refractivity contribution in [3.63, 3.8) is 0 Å². The first-order chi connectivity index (χ1) is 16.0. The molecule has 34 heavy (non-hydrogen) atoms. The van der Waals surface area contributed by atoms with E-state index in [1.807, 2.05) is 6.07 Å². The van der Waals surface area contributed by atoms with Crippen LogP contribution in [0.25, 0.3) is 0 Å². The second-order valence-electron chi connectivity index (χ2n) is 9.94. The Morgan fingerprint density at radius 2 is 1.85 bits per heavy atom. The zero-order chi connectivity index (χ0) is 24.6. The Balaban J connectivity index is 1.75. The molecule has 2 fully saturated rings. The molecule has 4 rings (SSSR count). The molecule has 0 N–H and O–H groups in total. The maximum absolute atomic E-state index is 15.2. The Labute approximate surface area is 209 Å². The zero-order valence-corrected chi connectivity index (χ0v) is 20.9. The van der Waals surface area contributed by atoms with Crippen molar-refractivity contribution in [3.8, 4) is 0 Å². The lowest BCUT2D eigenvalue weighted by atomic mass is 9.90. The fourth-order valence-electron chi connectivity index (χ4n) is 4.26. The average Bonchev–Trinajstić information content (AvgIpc) is 3.54. The number of nitrogens with zero attached hydrogens (tertiary/aromatic N) is 1. The van der Waals surface area contributed by atoms with E-state index in [-0.39, 0.29) is 17.4 Å². The molecule has 0 aromatic heterocycles. The third-order valence-electron chi connectivity index (χ3n) is 5.87. The molecule has 1 heterocycles. The first-order valence-corrected chi connectivity index (χ1v) is 12.2. The number of ether oxygens (including phenoxy) is 2. The predicted molar refractivity (Wildman–Crippen MR) is 128 cm³/mol. The smallest absolute Gasteiger partial charge is 0.309 e. The van der Waals surface area contributed by atoms with Crippen molar-refractivity contribution >= 4 is 35.1 Å². The third-order valence-corrected chi connectivity index (χ3v) is 6.34. The Kier molecular flexibility index (Phi) is 7.22. The maximum atomic E-state index is 15.2. The maximum Gasteiger partial charge on any atom is 0.309 e. The molecule has 1 saturated carbocycles. The molecular weight excluding hydrogens is 480 g/mol. The molecule has 5 nitrogen and oxygen atoms in total. The Hall–Kier alpha value is -2.15. The number of esters is 1. The van der Waals surface area contributed by atoms with E-state index in [9.17, 15) is 9.59 Å². The van der Waals surface area contributed by atoms with Crippen LogP contribution in [0, 0.1) is 11.7 Å². The van der Waals surface area contributed by atoms with Crippen LogP contribution in [0.1, 0.15) is 63.3 Å². The molecule has 0 unspecified atom stereocenters. The molecule has 3 atom stereocenters. The van der Waals surface area contributed by atoms with Crippen molar-refractivity contribution in [2.45, 2.75) is 63.9 Å². The van der Waals surface area contributed by atoms with Crippen LogP contribution in [0.2, 0.25) is 10.0 Å². The van der Waals surface area contributed by atoms with Crippen LogP contribution < -0.4 is 0 Å². The minimum absolute atomic E-state index is 0.232. The summed E-state index contributed by atoms with van der Waals surface area (Å²) < 4.78 is 26.9. The lowest BCUT2D eigenvalue weighted by molar-refractivity contribution is -0.183. The molecule has 1 saturated heterocycles. The fraction of sp³-hybridized carbons (Fsp3) is 0.462. The van der Waals surface area contributed by atoms with E-state index in [0.29, 0.717) is 28.6 Å². The SMILES string of the molecule is CC(C)(C)OC(=O)C[C@H]1O[C@H](c2cccc(Cl)c2)[C@@H](c2ccc(Cl)cc2F)N(CC2CC2)C1=O. The molecule has 2 aromatic carbocycles. The predicted octanol–water partition coefficient (Wildman–Crippen LogP) is 6.28. The number of amides is 1. The number of hydrogen-bond acceptors (Lipinski definition) is 4. The molecule has 2 aromatic rings. The Morgan fingerprint density at radius 3 is 2.47 bits per heavy atom. The summed E-state index contributed by atoms with van der Waals surface area (Å²) in [5.41, 5.74) is 0.303. The van der Waals surface area contributed by atoms with E-state index in [4.69, 9.17) is 32.7 Å². The van der Waals surface area contributed by atoms with Gasteiger partial charge in [0.25, 0.3) is 5.91 Å². The second-order valence-corrected chi connectivity index (χ2v) is 10.8. The third kappa shape index (κ3) is 5.91. The molecule has 0 bridgehead atoms. The summed E-state index contributed by atoms with van der Waals surface area (Å²) >= 11 is 12.3. The Morgan fingerprint density at radius 1 is 1.15 bits per heavy atom. The van der Waals surface area contributed by atoms with Gasteiger partial charge in [-0.3, -0.25) is 9.59 Å². The van der Waals surface area contributed by atoms with Gasteiger partial charge in [0.05, 0.1) is 12.5 Å². The fourth-order valence-corrected chi connectivity index (χ4v) is 4.62. The van der Waals surface area contributed by atoms with Crippen LogP contribution in [-0.2, 0) is 19.1 Å². The van der Waals surface area contributed by atoms with Gasteiger partial charge in [-0.25, -0.2) is 4.39 Å². The van der Waals surface area contributed by atoms with E-state index < -0.39 is 35.6 Å². The van der Waals surface area contributed by atoms with Crippen molar-refractivity contribution in [1.29, 1.82) is 0 Å². The highest BCUT2D eigenvalue weighted by atomic mass is 35.5. The van der Waals surface area contributed by atoms with E-state index in [0.717, 1.165) is 12.8 Å². The van der Waals surface area contributed by atoms with Gasteiger partial charge in [0.15, 0.2) is 0 Å². The average molecular weight is 508 g/mol. The number of morpholine rings is 1. The molecule has 0 spiro atoms. The number of halogens is 3. The van der Waals surface area contributed by atoms with Gasteiger partial charge in [-0.1, -0.05) is 41.4 Å². The summed E-state index contributed by atoms with van der Waals surface area (Å²) in [6, 6.07) is 10.8. The van der Waals surface area contributed by atoms with Gasteiger partial charge in [0.1, 0.15) is 23.6 Å². The van der Waals surface area contributed by atoms with Gasteiger partial charge in [-0.2, -0.15) is 0 Å². The molecule has 0 radical (unpaired) electrons. The number of benzene rings is 2. The van der Waals surface area contributed by atoms with E-state index in [1.54, 1.807) is 56.0 Å². The van der Waals surface area contributed by atoms with E-state index in [2.05, 4.69) is 0 Å². The van der Waals surface area contributed by atoms with E-state index in [1.165, 1.54) is 6.07 Å². The van der Waals surface area contributed by atoms with Crippen LogP contribution in [0.4, 0.5) is 4.39 Å². The van der Waals surface area contributed by atoms with Gasteiger partial charge < -0.3 is 14.4 Å². The van der Waals surface area contributed by atoms with Gasteiger partial charge in [-0.05, 0) is 69.4 Å². The highest BCUT2D eigenvalue weighted by molar-refractivity contribution is 6.30. The standard InChI is InChI=1S/C26H28Cl2FNO4/c1-26(2,3)34-22(31)13-21-25(32)30(14-15-7-8-15)23(19-10-9-18(28)12-20(19)29)24(33-21)16-5-4-6-17(27)11-16/h4-6,9-12,15,21,23-24H,7-8,13-14H2,1-3H3/t21-,23-,24-/m1/s1. The summed E-state index contributed by atoms with van der Waals surface area (Å²) in [5, 5.41) is 0.755. The minimum atomic E-state index is -1.05. The number of rotatable bonds is 6. The molecule has 8 heteroatoms. The van der Waals surface area contributed by atoms with Gasteiger partial charge in [-0.15, -0.1) is 0 Å². The zero-order valence-electron chi connectivity index (χ0n) is 19.4. The lowest BCUT2D eigenvalue weighted by Crippen LogP contribution is -2.52. The summed E-state index contributed by atoms with van der Waals surface area (Å²) in [7, 11) is 0. The van der Waals surface area contributed by atoms with Crippen LogP contribution in [0.5, 0.6) is 0 Å². The monoisotopic (exact) mass is 507 g/mol. The molecule has 1 aliphatic heterocycles. The number of hydrogen-bond donors (Lipinski definition) is 0. The number of carbonyl (C=O) groups is 2. The van der Waals surface area contributed by atoms with Crippen LogP contribution in [-0.4, -0.2) is 35.0 Å². The lowest BCUT2D eigenvalue weighted by Gasteiger charge is -2.45. The summed E-state index contributed by atoms with van der Waals surface area (Å²) in [5.74, 6) is -1.07. The molecule has 182 valence electrons. The van der Waals surface area contributed by atoms with Crippen LogP contribution in [0.3, 0.4) is 0 Å². The summed E-state index contributed by atoms with van der Waals surface area (Å²) in [6.45, 7) is 5.75. The largest absolute Gasteiger partial charge is 0.460 e. The second kappa shape index (κ2) is 9.84.